The van der Waals surface area contributed by atoms with Crippen molar-refractivity contribution in [3.05, 3.63) is 64.2 Å². The number of aryl methyl sites for hydroxylation is 3. The summed E-state index contributed by atoms with van der Waals surface area (Å²) in [5, 5.41) is 2.65. The molecule has 0 atom stereocenters. The van der Waals surface area contributed by atoms with Gasteiger partial charge in [0.25, 0.3) is 0 Å². The zero-order valence-electron chi connectivity index (χ0n) is 13.9. The first kappa shape index (κ1) is 16.7. The predicted octanol–water partition coefficient (Wildman–Crippen LogP) is 4.22. The molecule has 0 radical (unpaired) electrons. The largest absolute Gasteiger partial charge is 0.453 e. The Labute approximate surface area is 136 Å². The van der Waals surface area contributed by atoms with Crippen LogP contribution in [0, 0.1) is 20.8 Å². The van der Waals surface area contributed by atoms with Gasteiger partial charge < -0.3 is 4.74 Å². The summed E-state index contributed by atoms with van der Waals surface area (Å²) in [7, 11) is 1.32. The number of amides is 1. The predicted molar refractivity (Wildman–Crippen MR) is 91.2 cm³/mol. The molecule has 0 aliphatic heterocycles. The van der Waals surface area contributed by atoms with Gasteiger partial charge >= 0.3 is 6.09 Å². The molecule has 0 aromatic heterocycles. The number of nitrogens with one attached hydrogen (secondary N) is 1. The molecule has 0 aliphatic rings. The number of hydrogen-bond donors (Lipinski definition) is 1. The molecular formula is C19H21NO3. The third-order valence-corrected chi connectivity index (χ3v) is 3.78. The fourth-order valence-corrected chi connectivity index (χ4v) is 2.40. The minimum atomic E-state index is -0.522. The second-order valence-corrected chi connectivity index (χ2v) is 5.68. The summed E-state index contributed by atoms with van der Waals surface area (Å²) in [6.07, 6.45) is -0.157. The molecule has 0 bridgehead atoms. The van der Waals surface area contributed by atoms with Gasteiger partial charge in [-0.2, -0.15) is 0 Å². The van der Waals surface area contributed by atoms with Gasteiger partial charge in [-0.15, -0.1) is 0 Å². The number of Topliss-reactive ketones (excluding diaryl/α,β-unsaturated/α-hetero) is 1. The molecule has 0 aliphatic carbocycles. The van der Waals surface area contributed by atoms with Gasteiger partial charge in [0.1, 0.15) is 0 Å². The molecule has 0 fully saturated rings. The highest BCUT2D eigenvalue weighted by molar-refractivity contribution is 6.00. The maximum Gasteiger partial charge on any atom is 0.411 e. The van der Waals surface area contributed by atoms with Gasteiger partial charge in [0.05, 0.1) is 7.11 Å². The van der Waals surface area contributed by atoms with Crippen LogP contribution in [0.25, 0.3) is 0 Å². The van der Waals surface area contributed by atoms with E-state index in [0.717, 1.165) is 16.7 Å². The van der Waals surface area contributed by atoms with Gasteiger partial charge in [-0.05, 0) is 49.6 Å². The van der Waals surface area contributed by atoms with Crippen LogP contribution >= 0.6 is 0 Å². The van der Waals surface area contributed by atoms with Gasteiger partial charge in [-0.1, -0.05) is 29.8 Å². The van der Waals surface area contributed by atoms with E-state index in [0.29, 0.717) is 17.7 Å². The van der Waals surface area contributed by atoms with Crippen molar-refractivity contribution in [3.8, 4) is 0 Å². The summed E-state index contributed by atoms with van der Waals surface area (Å²) in [5.41, 5.74) is 5.16. The molecule has 120 valence electrons. The summed E-state index contributed by atoms with van der Waals surface area (Å²) in [6, 6.07) is 11.6. The fraction of sp³-hybridized carbons (Fsp3) is 0.263. The minimum absolute atomic E-state index is 0.0686. The van der Waals surface area contributed by atoms with Crippen LogP contribution in [-0.4, -0.2) is 19.0 Å². The number of ether oxygens (including phenoxy) is 1. The first-order valence-electron chi connectivity index (χ1n) is 7.45. The monoisotopic (exact) mass is 311 g/mol. The Morgan fingerprint density at radius 3 is 2.26 bits per heavy atom. The maximum atomic E-state index is 12.5. The molecule has 4 nitrogen and oxygen atoms in total. The van der Waals surface area contributed by atoms with E-state index >= 15 is 0 Å². The average molecular weight is 311 g/mol. The number of hydrogen-bond acceptors (Lipinski definition) is 3. The lowest BCUT2D eigenvalue weighted by atomic mass is 9.96. The molecule has 0 spiro atoms. The lowest BCUT2D eigenvalue weighted by molar-refractivity contribution is 0.0992. The minimum Gasteiger partial charge on any atom is -0.453 e. The molecule has 2 aromatic rings. The van der Waals surface area contributed by atoms with E-state index in [9.17, 15) is 9.59 Å². The molecule has 2 aromatic carbocycles. The normalized spacial score (nSPS) is 10.3. The standard InChI is InChI=1S/C19H21NO3/c1-12-5-7-15(8-6-12)11-18(21)16-9-14(3)17(10-13(16)2)20-19(22)23-4/h5-10H,11H2,1-4H3,(H,20,22). The van der Waals surface area contributed by atoms with Crippen molar-refractivity contribution in [1.29, 1.82) is 0 Å². The van der Waals surface area contributed by atoms with Gasteiger partial charge in [0, 0.05) is 17.7 Å². The van der Waals surface area contributed by atoms with Gasteiger partial charge in [-0.25, -0.2) is 4.79 Å². The van der Waals surface area contributed by atoms with Crippen molar-refractivity contribution in [2.75, 3.05) is 12.4 Å². The third-order valence-electron chi connectivity index (χ3n) is 3.78. The van der Waals surface area contributed by atoms with Crippen LogP contribution < -0.4 is 5.32 Å². The first-order chi connectivity index (χ1) is 10.9. The Kier molecular flexibility index (Phi) is 5.16. The first-order valence-corrected chi connectivity index (χ1v) is 7.45. The molecule has 0 saturated heterocycles. The highest BCUT2D eigenvalue weighted by atomic mass is 16.5. The molecule has 1 N–H and O–H groups in total. The highest BCUT2D eigenvalue weighted by Crippen LogP contribution is 2.22. The van der Waals surface area contributed by atoms with Gasteiger partial charge in [-0.3, -0.25) is 10.1 Å². The summed E-state index contributed by atoms with van der Waals surface area (Å²) < 4.78 is 4.60. The van der Waals surface area contributed by atoms with Crippen molar-refractivity contribution < 1.29 is 14.3 Å². The van der Waals surface area contributed by atoms with E-state index in [1.807, 2.05) is 51.1 Å². The third kappa shape index (κ3) is 4.19. The highest BCUT2D eigenvalue weighted by Gasteiger charge is 2.14. The van der Waals surface area contributed by atoms with Crippen molar-refractivity contribution in [1.82, 2.24) is 0 Å². The van der Waals surface area contributed by atoms with E-state index in [-0.39, 0.29) is 5.78 Å². The number of rotatable bonds is 4. The molecule has 0 heterocycles. The van der Waals surface area contributed by atoms with Crippen LogP contribution in [0.5, 0.6) is 0 Å². The zero-order valence-corrected chi connectivity index (χ0v) is 13.9. The maximum absolute atomic E-state index is 12.5. The van der Waals surface area contributed by atoms with Crippen molar-refractivity contribution in [2.45, 2.75) is 27.2 Å². The summed E-state index contributed by atoms with van der Waals surface area (Å²) in [4.78, 5) is 23.9. The number of anilines is 1. The lowest BCUT2D eigenvalue weighted by Gasteiger charge is -2.12. The zero-order chi connectivity index (χ0) is 17.0. The van der Waals surface area contributed by atoms with E-state index in [2.05, 4.69) is 10.1 Å². The van der Waals surface area contributed by atoms with Crippen molar-refractivity contribution >= 4 is 17.6 Å². The summed E-state index contributed by atoms with van der Waals surface area (Å²) in [5.74, 6) is 0.0686. The van der Waals surface area contributed by atoms with Crippen molar-refractivity contribution in [2.24, 2.45) is 0 Å². The van der Waals surface area contributed by atoms with E-state index < -0.39 is 6.09 Å². The Bertz CT molecular complexity index is 733. The average Bonchev–Trinajstić information content (AvgIpc) is 2.52. The Morgan fingerprint density at radius 2 is 1.65 bits per heavy atom. The Balaban J connectivity index is 2.22. The lowest BCUT2D eigenvalue weighted by Crippen LogP contribution is -2.13. The molecule has 0 saturated carbocycles. The number of ketones is 1. The number of carbonyl (C=O) groups is 2. The van der Waals surface area contributed by atoms with E-state index in [1.54, 1.807) is 6.07 Å². The molecule has 1 amide bonds. The summed E-state index contributed by atoms with van der Waals surface area (Å²) in [6.45, 7) is 5.74. The van der Waals surface area contributed by atoms with Crippen LogP contribution in [0.4, 0.5) is 10.5 Å². The van der Waals surface area contributed by atoms with Crippen LogP contribution in [0.15, 0.2) is 36.4 Å². The molecule has 0 unspecified atom stereocenters. The van der Waals surface area contributed by atoms with Crippen LogP contribution in [0.2, 0.25) is 0 Å². The topological polar surface area (TPSA) is 55.4 Å². The number of benzene rings is 2. The number of methoxy groups -OCH3 is 1. The number of carbonyl (C=O) groups excluding carboxylic acids is 2. The molecule has 23 heavy (non-hydrogen) atoms. The van der Waals surface area contributed by atoms with Crippen LogP contribution in [-0.2, 0) is 11.2 Å². The Hall–Kier alpha value is -2.62. The smallest absolute Gasteiger partial charge is 0.411 e. The van der Waals surface area contributed by atoms with Crippen molar-refractivity contribution in [3.63, 3.8) is 0 Å². The van der Waals surface area contributed by atoms with E-state index in [4.69, 9.17) is 0 Å². The van der Waals surface area contributed by atoms with E-state index in [1.165, 1.54) is 12.7 Å². The fourth-order valence-electron chi connectivity index (χ4n) is 2.40. The van der Waals surface area contributed by atoms with Gasteiger partial charge in [0.2, 0.25) is 0 Å². The molecular weight excluding hydrogens is 290 g/mol. The summed E-state index contributed by atoms with van der Waals surface area (Å²) >= 11 is 0. The molecule has 4 heteroatoms. The van der Waals surface area contributed by atoms with Crippen LogP contribution in [0.1, 0.15) is 32.6 Å². The second kappa shape index (κ2) is 7.09. The SMILES string of the molecule is COC(=O)Nc1cc(C)c(C(=O)Cc2ccc(C)cc2)cc1C. The van der Waals surface area contributed by atoms with Crippen LogP contribution in [0.3, 0.4) is 0 Å². The quantitative estimate of drug-likeness (QED) is 0.860. The second-order valence-electron chi connectivity index (χ2n) is 5.68. The molecule has 2 rings (SSSR count). The van der Waals surface area contributed by atoms with Gasteiger partial charge in [0.15, 0.2) is 5.78 Å². The Morgan fingerprint density at radius 1 is 1.00 bits per heavy atom.